The van der Waals surface area contributed by atoms with E-state index in [0.29, 0.717) is 0 Å². The van der Waals surface area contributed by atoms with Gasteiger partial charge in [-0.1, -0.05) is 13.8 Å². The number of rotatable bonds is 4. The van der Waals surface area contributed by atoms with Crippen LogP contribution in [0.1, 0.15) is 20.1 Å². The number of fused-ring (bicyclic) bond motifs is 3. The molecule has 2 aromatic heterocycles. The highest BCUT2D eigenvalue weighted by molar-refractivity contribution is 5.91. The molecule has 4 heterocycles. The molecule has 140 valence electrons. The van der Waals surface area contributed by atoms with Crippen molar-refractivity contribution in [2.45, 2.75) is 37.9 Å². The van der Waals surface area contributed by atoms with Gasteiger partial charge in [0.15, 0.2) is 17.4 Å². The lowest BCUT2D eigenvalue weighted by atomic mass is 10.0. The van der Waals surface area contributed by atoms with Crippen molar-refractivity contribution in [2.75, 3.05) is 18.5 Å². The van der Waals surface area contributed by atoms with Crippen molar-refractivity contribution >= 4 is 23.0 Å². The molecule has 4 atom stereocenters. The lowest BCUT2D eigenvalue weighted by Gasteiger charge is -2.29. The topological polar surface area (TPSA) is 152 Å². The highest BCUT2D eigenvalue weighted by atomic mass is 16.7. The van der Waals surface area contributed by atoms with E-state index in [0.717, 1.165) is 0 Å². The fraction of sp³-hybridized carbons (Fsp3) is 0.600. The third kappa shape index (κ3) is 2.35. The average Bonchev–Trinajstić information content (AvgIpc) is 3.25. The smallest absolute Gasteiger partial charge is 0.280 e. The minimum atomic E-state index is -1.21. The largest absolute Gasteiger partial charge is 0.393 e. The number of anilines is 1. The van der Waals surface area contributed by atoms with Gasteiger partial charge in [-0.3, -0.25) is 24.5 Å². The van der Waals surface area contributed by atoms with Gasteiger partial charge in [-0.05, 0) is 0 Å². The molecule has 2 aromatic rings. The predicted octanol–water partition coefficient (Wildman–Crippen LogP) is -1.27. The summed E-state index contributed by atoms with van der Waals surface area (Å²) in [5, 5.41) is 22.4. The summed E-state index contributed by atoms with van der Waals surface area (Å²) in [6.07, 6.45) is -1.20. The van der Waals surface area contributed by atoms with Crippen molar-refractivity contribution in [3.8, 4) is 0 Å². The Hall–Kier alpha value is -2.34. The highest BCUT2D eigenvalue weighted by Gasteiger charge is 2.61. The van der Waals surface area contributed by atoms with Gasteiger partial charge in [-0.25, -0.2) is 4.98 Å². The molecule has 0 saturated carbocycles. The van der Waals surface area contributed by atoms with Crippen molar-refractivity contribution in [3.05, 3.63) is 16.7 Å². The molecule has 0 aliphatic carbocycles. The minimum Gasteiger partial charge on any atom is -0.393 e. The van der Waals surface area contributed by atoms with Crippen molar-refractivity contribution in [1.29, 1.82) is 0 Å². The number of nitrogens with zero attached hydrogens (tertiary/aromatic N) is 3. The SMILES string of the molecule is CC(C)C(=O)Nc1nc2c(ncn2[C@@H]2O[C@@]3(CO)CO[C@H]2C3O)c(=O)[nH]1. The second-order valence-electron chi connectivity index (χ2n) is 6.83. The van der Waals surface area contributed by atoms with Gasteiger partial charge in [0.25, 0.3) is 5.56 Å². The molecular formula is C15H19N5O6. The third-order valence-electron chi connectivity index (χ3n) is 4.75. The molecule has 0 spiro atoms. The number of H-pyrrole nitrogens is 1. The van der Waals surface area contributed by atoms with Crippen molar-refractivity contribution < 1.29 is 24.5 Å². The summed E-state index contributed by atoms with van der Waals surface area (Å²) in [6.45, 7) is 3.10. The number of aromatic amines is 1. The van der Waals surface area contributed by atoms with Gasteiger partial charge >= 0.3 is 0 Å². The number of aromatic nitrogens is 4. The van der Waals surface area contributed by atoms with Crippen LogP contribution in [0, 0.1) is 5.92 Å². The molecule has 11 nitrogen and oxygen atoms in total. The quantitative estimate of drug-likeness (QED) is 0.524. The highest BCUT2D eigenvalue weighted by Crippen LogP contribution is 2.45. The Balaban J connectivity index is 1.74. The summed E-state index contributed by atoms with van der Waals surface area (Å²) in [5.41, 5.74) is -1.49. The number of nitrogens with one attached hydrogen (secondary N) is 2. The number of carbonyl (C=O) groups excluding carboxylic acids is 1. The van der Waals surface area contributed by atoms with Gasteiger partial charge in [0.05, 0.1) is 19.5 Å². The number of aliphatic hydroxyl groups excluding tert-OH is 2. The standard InChI is InChI=1S/C15H19N5O6/c1-6(2)11(23)18-14-17-10-7(12(24)19-14)16-5-20(10)13-8-9(22)15(3-21,26-13)4-25-8/h5-6,8-9,13,21-22H,3-4H2,1-2H3,(H2,17,18,19,23,24)/t8-,9?,13+,15-/m0/s1. The molecule has 2 bridgehead atoms. The third-order valence-corrected chi connectivity index (χ3v) is 4.75. The summed E-state index contributed by atoms with van der Waals surface area (Å²) >= 11 is 0. The summed E-state index contributed by atoms with van der Waals surface area (Å²) in [5.74, 6) is -0.597. The summed E-state index contributed by atoms with van der Waals surface area (Å²) < 4.78 is 12.8. The van der Waals surface area contributed by atoms with Gasteiger partial charge in [0.2, 0.25) is 11.9 Å². The van der Waals surface area contributed by atoms with Gasteiger partial charge in [-0.2, -0.15) is 4.98 Å². The number of imidazole rings is 1. The van der Waals surface area contributed by atoms with Crippen LogP contribution in [-0.4, -0.2) is 66.7 Å². The fourth-order valence-electron chi connectivity index (χ4n) is 3.19. The van der Waals surface area contributed by atoms with Gasteiger partial charge in [0, 0.05) is 5.92 Å². The molecule has 4 N–H and O–H groups in total. The van der Waals surface area contributed by atoms with Crippen LogP contribution >= 0.6 is 0 Å². The summed E-state index contributed by atoms with van der Waals surface area (Å²) in [4.78, 5) is 34.9. The number of hydrogen-bond donors (Lipinski definition) is 4. The van der Waals surface area contributed by atoms with Crippen molar-refractivity contribution in [1.82, 2.24) is 19.5 Å². The first-order chi connectivity index (χ1) is 12.4. The van der Waals surface area contributed by atoms with Crippen molar-refractivity contribution in [3.63, 3.8) is 0 Å². The summed E-state index contributed by atoms with van der Waals surface area (Å²) in [6, 6.07) is 0. The zero-order chi connectivity index (χ0) is 18.6. The molecule has 11 heteroatoms. The second-order valence-corrected chi connectivity index (χ2v) is 6.83. The molecule has 1 amide bonds. The molecule has 2 saturated heterocycles. The fourth-order valence-corrected chi connectivity index (χ4v) is 3.19. The minimum absolute atomic E-state index is 0.00977. The first-order valence-electron chi connectivity index (χ1n) is 8.22. The Kier molecular flexibility index (Phi) is 3.84. The Morgan fingerprint density at radius 3 is 3.00 bits per heavy atom. The predicted molar refractivity (Wildman–Crippen MR) is 87.3 cm³/mol. The van der Waals surface area contributed by atoms with E-state index in [-0.39, 0.29) is 35.5 Å². The molecular weight excluding hydrogens is 346 g/mol. The van der Waals surface area contributed by atoms with Crippen LogP contribution in [0.15, 0.2) is 11.1 Å². The van der Waals surface area contributed by atoms with Crippen molar-refractivity contribution in [2.24, 2.45) is 5.92 Å². The van der Waals surface area contributed by atoms with E-state index in [9.17, 15) is 19.8 Å². The maximum atomic E-state index is 12.2. The van der Waals surface area contributed by atoms with Gasteiger partial charge in [-0.15, -0.1) is 0 Å². The zero-order valence-corrected chi connectivity index (χ0v) is 14.2. The van der Waals surface area contributed by atoms with Crippen LogP contribution in [0.5, 0.6) is 0 Å². The molecule has 4 rings (SSSR count). The van der Waals surface area contributed by atoms with E-state index in [2.05, 4.69) is 20.3 Å². The first kappa shape index (κ1) is 17.1. The van der Waals surface area contributed by atoms with Crippen LogP contribution in [0.25, 0.3) is 11.2 Å². The lowest BCUT2D eigenvalue weighted by Crippen LogP contribution is -2.44. The number of ether oxygens (including phenoxy) is 2. The van der Waals surface area contributed by atoms with Gasteiger partial charge in [0.1, 0.15) is 17.8 Å². The van der Waals surface area contributed by atoms with E-state index in [1.807, 2.05) is 0 Å². The molecule has 0 radical (unpaired) electrons. The van der Waals surface area contributed by atoms with Crippen LogP contribution < -0.4 is 10.9 Å². The Morgan fingerprint density at radius 2 is 2.35 bits per heavy atom. The monoisotopic (exact) mass is 365 g/mol. The number of carbonyl (C=O) groups is 1. The van der Waals surface area contributed by atoms with Crippen LogP contribution in [0.3, 0.4) is 0 Å². The molecule has 1 unspecified atom stereocenters. The number of aliphatic hydroxyl groups is 2. The Labute approximate surface area is 147 Å². The first-order valence-corrected chi connectivity index (χ1v) is 8.22. The van der Waals surface area contributed by atoms with E-state index in [1.165, 1.54) is 10.9 Å². The molecule has 2 aliphatic heterocycles. The molecule has 2 fully saturated rings. The maximum absolute atomic E-state index is 12.2. The lowest BCUT2D eigenvalue weighted by molar-refractivity contribution is -0.185. The molecule has 26 heavy (non-hydrogen) atoms. The van der Waals surface area contributed by atoms with Crippen LogP contribution in [0.4, 0.5) is 5.95 Å². The average molecular weight is 365 g/mol. The Bertz CT molecular complexity index is 923. The van der Waals surface area contributed by atoms with Gasteiger partial charge < -0.3 is 19.7 Å². The number of amides is 1. The second kappa shape index (κ2) is 5.84. The Morgan fingerprint density at radius 1 is 1.58 bits per heavy atom. The maximum Gasteiger partial charge on any atom is 0.280 e. The molecule has 0 aromatic carbocycles. The van der Waals surface area contributed by atoms with E-state index in [4.69, 9.17) is 9.47 Å². The van der Waals surface area contributed by atoms with E-state index >= 15 is 0 Å². The molecule has 2 aliphatic rings. The van der Waals surface area contributed by atoms with E-state index < -0.39 is 36.2 Å². The number of hydrogen-bond acceptors (Lipinski definition) is 8. The van der Waals surface area contributed by atoms with Crippen LogP contribution in [-0.2, 0) is 14.3 Å². The normalized spacial score (nSPS) is 30.4. The summed E-state index contributed by atoms with van der Waals surface area (Å²) in [7, 11) is 0. The zero-order valence-electron chi connectivity index (χ0n) is 14.2. The van der Waals surface area contributed by atoms with Crippen LogP contribution in [0.2, 0.25) is 0 Å². The van der Waals surface area contributed by atoms with E-state index in [1.54, 1.807) is 13.8 Å².